The van der Waals surface area contributed by atoms with E-state index in [-0.39, 0.29) is 99.3 Å². The number of rotatable bonds is 30. The first-order valence-electron chi connectivity index (χ1n) is 15.5. The first-order valence-corrected chi connectivity index (χ1v) is 15.5. The lowest BCUT2D eigenvalue weighted by Gasteiger charge is -2.19. The van der Waals surface area contributed by atoms with Gasteiger partial charge in [-0.3, -0.25) is 28.8 Å². The van der Waals surface area contributed by atoms with E-state index in [0.29, 0.717) is 45.9 Å². The number of carbonyl (C=O) groups excluding carboxylic acids is 7. The second kappa shape index (κ2) is 25.6. The van der Waals surface area contributed by atoms with Gasteiger partial charge in [0, 0.05) is 70.7 Å². The van der Waals surface area contributed by atoms with Crippen LogP contribution in [-0.2, 0) is 52.5 Å². The largest absolute Gasteiger partial charge is 0.382 e. The van der Waals surface area contributed by atoms with Crippen molar-refractivity contribution in [2.75, 3.05) is 53.4 Å². The minimum atomic E-state index is -0.904. The highest BCUT2D eigenvalue weighted by molar-refractivity contribution is 5.91. The van der Waals surface area contributed by atoms with Crippen LogP contribution >= 0.6 is 0 Å². The van der Waals surface area contributed by atoms with Gasteiger partial charge < -0.3 is 29.1 Å². The molecule has 1 amide bonds. The lowest BCUT2D eigenvalue weighted by Crippen LogP contribution is -2.40. The van der Waals surface area contributed by atoms with Crippen molar-refractivity contribution >= 4 is 40.6 Å². The van der Waals surface area contributed by atoms with E-state index >= 15 is 0 Å². The molecular formula is C32H53NO11. The Morgan fingerprint density at radius 1 is 0.636 bits per heavy atom. The molecule has 12 heteroatoms. The number of ether oxygens (including phenoxy) is 4. The van der Waals surface area contributed by atoms with E-state index in [9.17, 15) is 33.6 Å². The van der Waals surface area contributed by atoms with Crippen LogP contribution in [0.1, 0.15) is 91.9 Å². The molecule has 252 valence electrons. The summed E-state index contributed by atoms with van der Waals surface area (Å²) in [6.07, 6.45) is 1.14. The van der Waals surface area contributed by atoms with Gasteiger partial charge in [0.15, 0.2) is 11.6 Å². The van der Waals surface area contributed by atoms with E-state index < -0.39 is 23.8 Å². The van der Waals surface area contributed by atoms with Crippen LogP contribution in [0.3, 0.4) is 0 Å². The summed E-state index contributed by atoms with van der Waals surface area (Å²) < 4.78 is 20.8. The van der Waals surface area contributed by atoms with Gasteiger partial charge in [0.05, 0.1) is 32.5 Å². The van der Waals surface area contributed by atoms with E-state index in [2.05, 4.69) is 5.32 Å². The van der Waals surface area contributed by atoms with Crippen LogP contribution in [0.5, 0.6) is 0 Å². The topological polar surface area (TPSA) is 168 Å². The normalized spacial score (nSPS) is 13.1. The molecule has 0 heterocycles. The van der Waals surface area contributed by atoms with Gasteiger partial charge in [0.2, 0.25) is 5.91 Å². The summed E-state index contributed by atoms with van der Waals surface area (Å²) in [6.45, 7) is 8.17. The number of carbonyl (C=O) groups is 7. The number of ketones is 6. The molecule has 0 aliphatic carbocycles. The molecular weight excluding hydrogens is 574 g/mol. The number of hydrogen-bond acceptors (Lipinski definition) is 11. The third-order valence-electron chi connectivity index (χ3n) is 7.06. The van der Waals surface area contributed by atoms with Gasteiger partial charge in [-0.05, 0) is 53.4 Å². The average molecular weight is 628 g/mol. The fourth-order valence-corrected chi connectivity index (χ4v) is 4.41. The number of methoxy groups -OCH3 is 1. The smallest absolute Gasteiger partial charge is 0.220 e. The molecule has 12 nitrogen and oxygen atoms in total. The summed E-state index contributed by atoms with van der Waals surface area (Å²) in [6, 6.07) is -0.904. The maximum Gasteiger partial charge on any atom is 0.220 e. The fourth-order valence-electron chi connectivity index (χ4n) is 4.41. The molecule has 0 aromatic heterocycles. The van der Waals surface area contributed by atoms with Gasteiger partial charge in [-0.2, -0.15) is 0 Å². The summed E-state index contributed by atoms with van der Waals surface area (Å²) in [5.74, 6) is -2.93. The van der Waals surface area contributed by atoms with Crippen LogP contribution in [0.25, 0.3) is 0 Å². The van der Waals surface area contributed by atoms with Crippen molar-refractivity contribution in [1.82, 2.24) is 5.32 Å². The number of hydrogen-bond donors (Lipinski definition) is 1. The Kier molecular flexibility index (Phi) is 24.1. The van der Waals surface area contributed by atoms with Crippen molar-refractivity contribution < 1.29 is 52.5 Å². The molecule has 0 aliphatic heterocycles. The molecule has 0 aromatic carbocycles. The highest BCUT2D eigenvalue weighted by Crippen LogP contribution is 2.18. The number of amides is 1. The second-order valence-electron chi connectivity index (χ2n) is 11.0. The van der Waals surface area contributed by atoms with Crippen LogP contribution in [0.15, 0.2) is 0 Å². The van der Waals surface area contributed by atoms with E-state index in [1.54, 1.807) is 7.11 Å². The third-order valence-corrected chi connectivity index (χ3v) is 7.06. The van der Waals surface area contributed by atoms with Crippen LogP contribution in [0, 0.1) is 11.8 Å². The van der Waals surface area contributed by atoms with Crippen molar-refractivity contribution in [3.05, 3.63) is 0 Å². The zero-order valence-corrected chi connectivity index (χ0v) is 27.2. The Morgan fingerprint density at radius 2 is 1.27 bits per heavy atom. The highest BCUT2D eigenvalue weighted by Gasteiger charge is 2.25. The lowest BCUT2D eigenvalue weighted by atomic mass is 9.90. The molecule has 44 heavy (non-hydrogen) atoms. The monoisotopic (exact) mass is 627 g/mol. The molecule has 3 atom stereocenters. The van der Waals surface area contributed by atoms with Crippen molar-refractivity contribution in [2.24, 2.45) is 11.8 Å². The third kappa shape index (κ3) is 21.9. The zero-order valence-electron chi connectivity index (χ0n) is 27.2. The molecule has 1 N–H and O–H groups in total. The predicted octanol–water partition coefficient (Wildman–Crippen LogP) is 2.80. The first kappa shape index (κ1) is 41.3. The Bertz CT molecular complexity index is 918. The molecule has 0 aliphatic rings. The fraction of sp³-hybridized carbons (Fsp3) is 0.781. The molecule has 0 aromatic rings. The minimum Gasteiger partial charge on any atom is -0.382 e. The van der Waals surface area contributed by atoms with Crippen LogP contribution in [0.4, 0.5) is 0 Å². The van der Waals surface area contributed by atoms with E-state index in [4.69, 9.17) is 18.9 Å². The average Bonchev–Trinajstić information content (AvgIpc) is 2.96. The minimum absolute atomic E-state index is 0.0141. The highest BCUT2D eigenvalue weighted by atomic mass is 16.5. The van der Waals surface area contributed by atoms with Gasteiger partial charge in [0.25, 0.3) is 0 Å². The number of nitrogens with one attached hydrogen (secondary N) is 1. The summed E-state index contributed by atoms with van der Waals surface area (Å²) in [5.41, 5.74) is 0. The summed E-state index contributed by atoms with van der Waals surface area (Å²) in [7, 11) is 1.56. The van der Waals surface area contributed by atoms with Crippen LogP contribution in [-0.4, -0.2) is 100 Å². The predicted molar refractivity (Wildman–Crippen MR) is 162 cm³/mol. The van der Waals surface area contributed by atoms with Crippen molar-refractivity contribution in [3.63, 3.8) is 0 Å². The van der Waals surface area contributed by atoms with E-state index in [1.807, 2.05) is 6.92 Å². The maximum atomic E-state index is 13.0. The molecule has 0 rings (SSSR count). The van der Waals surface area contributed by atoms with Gasteiger partial charge in [-0.15, -0.1) is 0 Å². The molecule has 3 unspecified atom stereocenters. The summed E-state index contributed by atoms with van der Waals surface area (Å²) >= 11 is 0. The van der Waals surface area contributed by atoms with Crippen LogP contribution < -0.4 is 5.32 Å². The Hall–Kier alpha value is -2.67. The van der Waals surface area contributed by atoms with Crippen molar-refractivity contribution in [2.45, 2.75) is 97.9 Å². The lowest BCUT2D eigenvalue weighted by molar-refractivity contribution is -0.132. The molecule has 0 bridgehead atoms. The van der Waals surface area contributed by atoms with Gasteiger partial charge in [0.1, 0.15) is 29.7 Å². The Labute approximate surface area is 261 Å². The second-order valence-corrected chi connectivity index (χ2v) is 11.0. The number of Topliss-reactive ketones (excluding diaryl/α,β-unsaturated/α-hetero) is 6. The Morgan fingerprint density at radius 3 is 1.89 bits per heavy atom. The van der Waals surface area contributed by atoms with E-state index in [1.165, 1.54) is 20.8 Å². The molecule has 0 spiro atoms. The molecule has 0 saturated carbocycles. The van der Waals surface area contributed by atoms with Crippen molar-refractivity contribution in [3.8, 4) is 0 Å². The van der Waals surface area contributed by atoms with Gasteiger partial charge in [-0.1, -0.05) is 0 Å². The summed E-state index contributed by atoms with van der Waals surface area (Å²) in [4.78, 5) is 86.2. The maximum absolute atomic E-state index is 13.0. The molecule has 0 fully saturated rings. The standard InChI is InChI=1S/C32H53NO11/c1-6-42-18-19-44-22-29(38)21-27(31(39)8-7-15-43-17-16-41-5)11-14-32(40)33-30(25(4)36)13-12-28(37)20-26(24(3)35)10-9-23(2)34/h26-27,30H,6-22H2,1-5H3,(H,33,40). The molecule has 0 saturated heterocycles. The quantitative estimate of drug-likeness (QED) is 0.116. The summed E-state index contributed by atoms with van der Waals surface area (Å²) in [5, 5.41) is 2.64. The Balaban J connectivity index is 5.03. The van der Waals surface area contributed by atoms with Gasteiger partial charge in [-0.25, -0.2) is 0 Å². The van der Waals surface area contributed by atoms with Crippen molar-refractivity contribution in [1.29, 1.82) is 0 Å². The van der Waals surface area contributed by atoms with Gasteiger partial charge >= 0.3 is 0 Å². The molecule has 0 radical (unpaired) electrons. The first-order chi connectivity index (χ1) is 20.9. The van der Waals surface area contributed by atoms with Crippen LogP contribution in [0.2, 0.25) is 0 Å². The SMILES string of the molecule is CCOCCOCC(=O)CC(CCC(=O)NC(CCC(=O)CC(CCC(C)=O)C(C)=O)C(C)=O)C(=O)CCCOCCOC. The van der Waals surface area contributed by atoms with E-state index in [0.717, 1.165) is 0 Å². The zero-order chi connectivity index (χ0) is 33.3.